The van der Waals surface area contributed by atoms with E-state index in [1.165, 1.54) is 6.42 Å². The summed E-state index contributed by atoms with van der Waals surface area (Å²) in [4.78, 5) is 13.5. The molecule has 0 unspecified atom stereocenters. The number of hydrogen-bond donors (Lipinski definition) is 1. The lowest BCUT2D eigenvalue weighted by molar-refractivity contribution is -0.119. The second-order valence-electron chi connectivity index (χ2n) is 6.38. The molecule has 1 aromatic heterocycles. The summed E-state index contributed by atoms with van der Waals surface area (Å²) >= 11 is 6.39. The molecule has 1 aliphatic rings. The molecule has 0 bridgehead atoms. The van der Waals surface area contributed by atoms with Gasteiger partial charge < -0.3 is 5.32 Å². The molecule has 124 valence electrons. The van der Waals surface area contributed by atoms with Gasteiger partial charge in [0.05, 0.1) is 16.2 Å². The van der Waals surface area contributed by atoms with Gasteiger partial charge in [-0.2, -0.15) is 5.10 Å². The summed E-state index contributed by atoms with van der Waals surface area (Å²) in [7, 11) is 1.96. The fraction of sp³-hybridized carbons (Fsp3) is 0.529. The first-order valence-electron chi connectivity index (χ1n) is 8.11. The molecule has 0 spiro atoms. The van der Waals surface area contributed by atoms with Crippen molar-refractivity contribution in [1.82, 2.24) is 20.0 Å². The minimum atomic E-state index is 0.0459. The van der Waals surface area contributed by atoms with E-state index in [2.05, 4.69) is 15.3 Å². The number of amides is 1. The van der Waals surface area contributed by atoms with Gasteiger partial charge in [0.15, 0.2) is 0 Å². The third-order valence-corrected chi connectivity index (χ3v) is 4.83. The van der Waals surface area contributed by atoms with Crippen molar-refractivity contribution in [3.8, 4) is 0 Å². The van der Waals surface area contributed by atoms with Gasteiger partial charge in [-0.3, -0.25) is 14.4 Å². The average Bonchev–Trinajstić information content (AvgIpc) is 2.83. The van der Waals surface area contributed by atoms with Crippen LogP contribution in [0.4, 0.5) is 0 Å². The molecule has 0 aliphatic carbocycles. The van der Waals surface area contributed by atoms with Gasteiger partial charge in [0.1, 0.15) is 0 Å². The van der Waals surface area contributed by atoms with Gasteiger partial charge in [0, 0.05) is 39.0 Å². The van der Waals surface area contributed by atoms with E-state index in [0.29, 0.717) is 5.92 Å². The zero-order chi connectivity index (χ0) is 16.4. The number of fused-ring (bicyclic) bond motifs is 1. The van der Waals surface area contributed by atoms with Crippen LogP contribution in [0.3, 0.4) is 0 Å². The van der Waals surface area contributed by atoms with Gasteiger partial charge >= 0.3 is 0 Å². The Kier molecular flexibility index (Phi) is 4.87. The summed E-state index contributed by atoms with van der Waals surface area (Å²) in [5.41, 5.74) is 2.10. The Labute approximate surface area is 141 Å². The van der Waals surface area contributed by atoms with Crippen LogP contribution in [0, 0.1) is 5.92 Å². The number of benzene rings is 1. The first kappa shape index (κ1) is 16.3. The highest BCUT2D eigenvalue weighted by Gasteiger charge is 2.22. The van der Waals surface area contributed by atoms with Crippen molar-refractivity contribution in [2.45, 2.75) is 26.3 Å². The number of aromatic nitrogens is 2. The van der Waals surface area contributed by atoms with Gasteiger partial charge in [-0.1, -0.05) is 17.7 Å². The lowest BCUT2D eigenvalue weighted by Crippen LogP contribution is -2.40. The minimum Gasteiger partial charge on any atom is -0.356 e. The van der Waals surface area contributed by atoms with Crippen LogP contribution < -0.4 is 5.32 Å². The maximum Gasteiger partial charge on any atom is 0.216 e. The number of halogens is 1. The summed E-state index contributed by atoms with van der Waals surface area (Å²) in [5.74, 6) is 0.558. The Balaban J connectivity index is 1.73. The van der Waals surface area contributed by atoms with E-state index in [1.54, 1.807) is 6.92 Å². The Hall–Kier alpha value is -1.59. The highest BCUT2D eigenvalue weighted by atomic mass is 35.5. The molecule has 1 amide bonds. The second kappa shape index (κ2) is 6.89. The average molecular weight is 335 g/mol. The molecule has 23 heavy (non-hydrogen) atoms. The zero-order valence-electron chi connectivity index (χ0n) is 13.7. The summed E-state index contributed by atoms with van der Waals surface area (Å²) in [6.45, 7) is 5.19. The van der Waals surface area contributed by atoms with Crippen LogP contribution in [0.2, 0.25) is 5.02 Å². The molecule has 2 aromatic rings. The molecular formula is C17H23ClN4O. The maximum absolute atomic E-state index is 11.1. The maximum atomic E-state index is 11.1. The van der Waals surface area contributed by atoms with E-state index >= 15 is 0 Å². The van der Waals surface area contributed by atoms with E-state index in [0.717, 1.165) is 54.2 Å². The number of nitrogens with zero attached hydrogens (tertiary/aromatic N) is 3. The summed E-state index contributed by atoms with van der Waals surface area (Å²) in [6, 6.07) is 5.93. The molecule has 1 aromatic carbocycles. The standard InChI is InChI=1S/C17H23ClN4O/c1-12(23)19-9-13-5-4-8-22(10-13)11-15-17-14(18)6-3-7-16(17)21(2)20-15/h3,6-7,13H,4-5,8-11H2,1-2H3,(H,19,23)/t13-/m1/s1. The largest absolute Gasteiger partial charge is 0.356 e. The summed E-state index contributed by atoms with van der Waals surface area (Å²) in [5, 5.41) is 9.42. The van der Waals surface area contributed by atoms with Crippen LogP contribution in [0.1, 0.15) is 25.5 Å². The fourth-order valence-electron chi connectivity index (χ4n) is 3.43. The quantitative estimate of drug-likeness (QED) is 0.935. The van der Waals surface area contributed by atoms with Gasteiger partial charge in [-0.25, -0.2) is 0 Å². The first-order chi connectivity index (χ1) is 11.0. The number of carbonyl (C=O) groups excluding carboxylic acids is 1. The van der Waals surface area contributed by atoms with Crippen LogP contribution in [0.15, 0.2) is 18.2 Å². The van der Waals surface area contributed by atoms with Crippen molar-refractivity contribution < 1.29 is 4.79 Å². The molecule has 1 atom stereocenters. The first-order valence-corrected chi connectivity index (χ1v) is 8.49. The highest BCUT2D eigenvalue weighted by Crippen LogP contribution is 2.28. The predicted octanol–water partition coefficient (Wildman–Crippen LogP) is 2.57. The lowest BCUT2D eigenvalue weighted by Gasteiger charge is -2.32. The lowest BCUT2D eigenvalue weighted by atomic mass is 9.97. The number of carbonyl (C=O) groups is 1. The van der Waals surface area contributed by atoms with E-state index in [-0.39, 0.29) is 5.91 Å². The van der Waals surface area contributed by atoms with Crippen molar-refractivity contribution in [2.75, 3.05) is 19.6 Å². The van der Waals surface area contributed by atoms with Crippen LogP contribution in [0.5, 0.6) is 0 Å². The van der Waals surface area contributed by atoms with Gasteiger partial charge in [-0.15, -0.1) is 0 Å². The van der Waals surface area contributed by atoms with Crippen LogP contribution >= 0.6 is 11.6 Å². The van der Waals surface area contributed by atoms with Crippen molar-refractivity contribution in [3.05, 3.63) is 28.9 Å². The number of nitrogens with one attached hydrogen (secondary N) is 1. The molecule has 2 heterocycles. The zero-order valence-corrected chi connectivity index (χ0v) is 14.4. The van der Waals surface area contributed by atoms with Gasteiger partial charge in [0.2, 0.25) is 5.91 Å². The topological polar surface area (TPSA) is 50.2 Å². The Morgan fingerprint density at radius 3 is 3.09 bits per heavy atom. The van der Waals surface area contributed by atoms with E-state index in [4.69, 9.17) is 11.6 Å². The van der Waals surface area contributed by atoms with Crippen LogP contribution in [0.25, 0.3) is 10.9 Å². The number of aryl methyl sites for hydroxylation is 1. The van der Waals surface area contributed by atoms with Crippen molar-refractivity contribution in [2.24, 2.45) is 13.0 Å². The van der Waals surface area contributed by atoms with E-state index in [9.17, 15) is 4.79 Å². The SMILES string of the molecule is CC(=O)NC[C@H]1CCCN(Cc2nn(C)c3cccc(Cl)c23)C1. The third kappa shape index (κ3) is 3.67. The molecule has 5 nitrogen and oxygen atoms in total. The Morgan fingerprint density at radius 2 is 2.30 bits per heavy atom. The number of rotatable bonds is 4. The molecular weight excluding hydrogens is 312 g/mol. The van der Waals surface area contributed by atoms with Crippen molar-refractivity contribution in [3.63, 3.8) is 0 Å². The normalized spacial score (nSPS) is 19.2. The molecule has 1 aliphatic heterocycles. The molecule has 1 N–H and O–H groups in total. The number of likely N-dealkylation sites (tertiary alicyclic amines) is 1. The summed E-state index contributed by atoms with van der Waals surface area (Å²) in [6.07, 6.45) is 2.32. The number of hydrogen-bond acceptors (Lipinski definition) is 3. The Morgan fingerprint density at radius 1 is 1.48 bits per heavy atom. The molecule has 3 rings (SSSR count). The van der Waals surface area contributed by atoms with Crippen molar-refractivity contribution in [1.29, 1.82) is 0 Å². The van der Waals surface area contributed by atoms with Crippen molar-refractivity contribution >= 4 is 28.4 Å². The molecule has 0 radical (unpaired) electrons. The summed E-state index contributed by atoms with van der Waals surface area (Å²) < 4.78 is 1.90. The minimum absolute atomic E-state index is 0.0459. The van der Waals surface area contributed by atoms with Crippen LogP contribution in [-0.2, 0) is 18.4 Å². The predicted molar refractivity (Wildman–Crippen MR) is 92.4 cm³/mol. The second-order valence-corrected chi connectivity index (χ2v) is 6.79. The molecule has 0 saturated carbocycles. The molecule has 6 heteroatoms. The smallest absolute Gasteiger partial charge is 0.216 e. The molecule has 1 saturated heterocycles. The van der Waals surface area contributed by atoms with Gasteiger partial charge in [0.25, 0.3) is 0 Å². The van der Waals surface area contributed by atoms with Crippen LogP contribution in [-0.4, -0.2) is 40.2 Å². The Bertz CT molecular complexity index is 712. The fourth-order valence-corrected chi connectivity index (χ4v) is 3.70. The third-order valence-electron chi connectivity index (χ3n) is 4.52. The van der Waals surface area contributed by atoms with E-state index in [1.807, 2.05) is 29.9 Å². The number of piperidine rings is 1. The highest BCUT2D eigenvalue weighted by molar-refractivity contribution is 6.35. The van der Waals surface area contributed by atoms with E-state index < -0.39 is 0 Å². The molecule has 1 fully saturated rings. The monoisotopic (exact) mass is 334 g/mol. The van der Waals surface area contributed by atoms with Gasteiger partial charge in [-0.05, 0) is 37.4 Å².